The number of fused-ring (bicyclic) bond motifs is 1. The Balaban J connectivity index is 1.42. The number of carbonyl (C=O) groups excluding carboxylic acids is 1. The average molecular weight is 472 g/mol. The largest absolute Gasteiger partial charge is 0.496 e. The molecule has 0 aliphatic rings. The first-order valence-electron chi connectivity index (χ1n) is 12.2. The highest BCUT2D eigenvalue weighted by atomic mass is 16.5. The predicted molar refractivity (Wildman–Crippen MR) is 139 cm³/mol. The number of amides is 1. The maximum atomic E-state index is 13.0. The molecule has 1 aromatic heterocycles. The number of imidazole rings is 1. The van der Waals surface area contributed by atoms with Crippen LogP contribution < -0.4 is 14.8 Å². The maximum absolute atomic E-state index is 13.0. The van der Waals surface area contributed by atoms with Crippen molar-refractivity contribution in [3.8, 4) is 11.5 Å². The standard InChI is InChI=1S/C29H33N3O3/c1-4-22-15-17-23(18-16-22)35-20-10-9-19-32-26-13-7-6-12-25(26)31-28(32)21(2)30-29(33)24-11-5-8-14-27(24)34-3/h5-8,11-18,21H,4,9-10,19-20H2,1-3H3,(H,30,33). The lowest BCUT2D eigenvalue weighted by atomic mass is 10.1. The van der Waals surface area contributed by atoms with Crippen LogP contribution in [-0.4, -0.2) is 29.2 Å². The van der Waals surface area contributed by atoms with Crippen molar-refractivity contribution < 1.29 is 14.3 Å². The maximum Gasteiger partial charge on any atom is 0.255 e. The van der Waals surface area contributed by atoms with Crippen molar-refractivity contribution in [1.29, 1.82) is 0 Å². The van der Waals surface area contributed by atoms with Crippen molar-refractivity contribution in [2.45, 2.75) is 45.7 Å². The quantitative estimate of drug-likeness (QED) is 0.274. The lowest BCUT2D eigenvalue weighted by Crippen LogP contribution is -2.29. The molecule has 1 unspecified atom stereocenters. The lowest BCUT2D eigenvalue weighted by Gasteiger charge is -2.17. The molecule has 35 heavy (non-hydrogen) atoms. The second-order valence-corrected chi connectivity index (χ2v) is 8.56. The molecule has 4 aromatic rings. The van der Waals surface area contributed by atoms with Gasteiger partial charge in [0.25, 0.3) is 5.91 Å². The Morgan fingerprint density at radius 3 is 2.51 bits per heavy atom. The van der Waals surface area contributed by atoms with Crippen molar-refractivity contribution in [3.63, 3.8) is 0 Å². The van der Waals surface area contributed by atoms with Crippen LogP contribution >= 0.6 is 0 Å². The summed E-state index contributed by atoms with van der Waals surface area (Å²) in [5.74, 6) is 2.11. The minimum atomic E-state index is -0.270. The zero-order valence-electron chi connectivity index (χ0n) is 20.7. The Morgan fingerprint density at radius 2 is 1.74 bits per heavy atom. The Labute approximate surface area is 206 Å². The Morgan fingerprint density at radius 1 is 1.00 bits per heavy atom. The van der Waals surface area contributed by atoms with Crippen LogP contribution in [-0.2, 0) is 13.0 Å². The Kier molecular flexibility index (Phi) is 8.03. The number of ether oxygens (including phenoxy) is 2. The summed E-state index contributed by atoms with van der Waals surface area (Å²) in [4.78, 5) is 17.8. The van der Waals surface area contributed by atoms with Gasteiger partial charge in [-0.2, -0.15) is 0 Å². The summed E-state index contributed by atoms with van der Waals surface area (Å²) < 4.78 is 13.5. The molecule has 0 radical (unpaired) electrons. The number of methoxy groups -OCH3 is 1. The number of nitrogens with zero attached hydrogens (tertiary/aromatic N) is 2. The molecule has 1 atom stereocenters. The van der Waals surface area contributed by atoms with Gasteiger partial charge in [-0.05, 0) is 68.1 Å². The van der Waals surface area contributed by atoms with E-state index in [1.807, 2.05) is 49.4 Å². The summed E-state index contributed by atoms with van der Waals surface area (Å²) >= 11 is 0. The van der Waals surface area contributed by atoms with Crippen molar-refractivity contribution in [3.05, 3.63) is 89.7 Å². The van der Waals surface area contributed by atoms with E-state index < -0.39 is 0 Å². The first kappa shape index (κ1) is 24.3. The number of aromatic nitrogens is 2. The zero-order chi connectivity index (χ0) is 24.6. The monoisotopic (exact) mass is 471 g/mol. The molecule has 3 aromatic carbocycles. The van der Waals surface area contributed by atoms with Gasteiger partial charge >= 0.3 is 0 Å². The van der Waals surface area contributed by atoms with Gasteiger partial charge in [-0.1, -0.05) is 43.3 Å². The topological polar surface area (TPSA) is 65.4 Å². The summed E-state index contributed by atoms with van der Waals surface area (Å²) in [7, 11) is 1.57. The Bertz CT molecular complexity index is 1260. The second-order valence-electron chi connectivity index (χ2n) is 8.56. The number of benzene rings is 3. The molecule has 182 valence electrons. The summed E-state index contributed by atoms with van der Waals surface area (Å²) in [5.41, 5.74) is 3.81. The van der Waals surface area contributed by atoms with E-state index in [0.717, 1.165) is 48.4 Å². The van der Waals surface area contributed by atoms with Gasteiger partial charge in [0.15, 0.2) is 0 Å². The van der Waals surface area contributed by atoms with Gasteiger partial charge in [0, 0.05) is 6.54 Å². The normalized spacial score (nSPS) is 11.9. The van der Waals surface area contributed by atoms with E-state index in [4.69, 9.17) is 14.5 Å². The highest BCUT2D eigenvalue weighted by Crippen LogP contribution is 2.23. The van der Waals surface area contributed by atoms with Gasteiger partial charge in [-0.25, -0.2) is 4.98 Å². The first-order chi connectivity index (χ1) is 17.1. The minimum Gasteiger partial charge on any atom is -0.496 e. The molecule has 0 saturated heterocycles. The molecule has 4 rings (SSSR count). The van der Waals surface area contributed by atoms with E-state index in [-0.39, 0.29) is 11.9 Å². The third kappa shape index (κ3) is 5.83. The lowest BCUT2D eigenvalue weighted by molar-refractivity contribution is 0.0934. The number of hydrogen-bond donors (Lipinski definition) is 1. The fourth-order valence-corrected chi connectivity index (χ4v) is 4.21. The fourth-order valence-electron chi connectivity index (χ4n) is 4.21. The van der Waals surface area contributed by atoms with Gasteiger partial charge in [0.2, 0.25) is 0 Å². The fraction of sp³-hybridized carbons (Fsp3) is 0.310. The van der Waals surface area contributed by atoms with Gasteiger partial charge in [-0.15, -0.1) is 0 Å². The van der Waals surface area contributed by atoms with E-state index in [1.165, 1.54) is 5.56 Å². The molecule has 6 nitrogen and oxygen atoms in total. The highest BCUT2D eigenvalue weighted by molar-refractivity contribution is 5.97. The van der Waals surface area contributed by atoms with Crippen molar-refractivity contribution >= 4 is 16.9 Å². The van der Waals surface area contributed by atoms with E-state index in [1.54, 1.807) is 19.2 Å². The molecule has 0 saturated carbocycles. The van der Waals surface area contributed by atoms with Crippen LogP contribution in [0.15, 0.2) is 72.8 Å². The number of unbranched alkanes of at least 4 members (excludes halogenated alkanes) is 1. The third-order valence-electron chi connectivity index (χ3n) is 6.15. The molecule has 1 heterocycles. The molecule has 1 amide bonds. The molecule has 6 heteroatoms. The van der Waals surface area contributed by atoms with E-state index in [2.05, 4.69) is 35.0 Å². The minimum absolute atomic E-state index is 0.184. The number of rotatable bonds is 11. The Hall–Kier alpha value is -3.80. The van der Waals surface area contributed by atoms with Crippen LogP contribution in [0.2, 0.25) is 0 Å². The van der Waals surface area contributed by atoms with Crippen LogP contribution in [0, 0.1) is 0 Å². The van der Waals surface area contributed by atoms with Crippen LogP contribution in [0.3, 0.4) is 0 Å². The van der Waals surface area contributed by atoms with Crippen LogP contribution in [0.25, 0.3) is 11.0 Å². The van der Waals surface area contributed by atoms with Gasteiger partial charge < -0.3 is 19.4 Å². The van der Waals surface area contributed by atoms with E-state index in [9.17, 15) is 4.79 Å². The average Bonchev–Trinajstić information content (AvgIpc) is 3.27. The van der Waals surface area contributed by atoms with E-state index >= 15 is 0 Å². The summed E-state index contributed by atoms with van der Waals surface area (Å²) in [6.45, 7) is 5.57. The van der Waals surface area contributed by atoms with Crippen molar-refractivity contribution in [2.24, 2.45) is 0 Å². The van der Waals surface area contributed by atoms with E-state index in [0.29, 0.717) is 17.9 Å². The van der Waals surface area contributed by atoms with Gasteiger partial charge in [-0.3, -0.25) is 4.79 Å². The number of para-hydroxylation sites is 3. The smallest absolute Gasteiger partial charge is 0.255 e. The summed E-state index contributed by atoms with van der Waals surface area (Å²) in [6, 6.07) is 23.3. The molecule has 0 fully saturated rings. The molecule has 0 spiro atoms. The SMILES string of the molecule is CCc1ccc(OCCCCn2c(C(C)NC(=O)c3ccccc3OC)nc3ccccc32)cc1. The number of nitrogens with one attached hydrogen (secondary N) is 1. The zero-order valence-corrected chi connectivity index (χ0v) is 20.7. The number of carbonyl (C=O) groups is 1. The molecular formula is C29H33N3O3. The molecule has 1 N–H and O–H groups in total. The van der Waals surface area contributed by atoms with Crippen LogP contribution in [0.4, 0.5) is 0 Å². The molecule has 0 aliphatic carbocycles. The van der Waals surface area contributed by atoms with Crippen molar-refractivity contribution in [2.75, 3.05) is 13.7 Å². The van der Waals surface area contributed by atoms with Gasteiger partial charge in [0.1, 0.15) is 17.3 Å². The molecule has 0 aliphatic heterocycles. The predicted octanol–water partition coefficient (Wildman–Crippen LogP) is 5.96. The number of hydrogen-bond acceptors (Lipinski definition) is 4. The van der Waals surface area contributed by atoms with Gasteiger partial charge in [0.05, 0.1) is 36.4 Å². The highest BCUT2D eigenvalue weighted by Gasteiger charge is 2.20. The third-order valence-corrected chi connectivity index (χ3v) is 6.15. The second kappa shape index (κ2) is 11.6. The van der Waals surface area contributed by atoms with Crippen LogP contribution in [0.1, 0.15) is 54.5 Å². The van der Waals surface area contributed by atoms with Crippen LogP contribution in [0.5, 0.6) is 11.5 Å². The van der Waals surface area contributed by atoms with Crippen molar-refractivity contribution in [1.82, 2.24) is 14.9 Å². The molecule has 0 bridgehead atoms. The number of aryl methyl sites for hydroxylation is 2. The summed E-state index contributed by atoms with van der Waals surface area (Å²) in [5, 5.41) is 3.09. The summed E-state index contributed by atoms with van der Waals surface area (Å²) in [6.07, 6.45) is 2.89. The first-order valence-corrected chi connectivity index (χ1v) is 12.2. The molecular weight excluding hydrogens is 438 g/mol.